The van der Waals surface area contributed by atoms with Gasteiger partial charge in [0.05, 0.1) is 31.7 Å². The Bertz CT molecular complexity index is 1270. The molecule has 0 atom stereocenters. The van der Waals surface area contributed by atoms with Crippen molar-refractivity contribution in [2.24, 2.45) is 0 Å². The van der Waals surface area contributed by atoms with Crippen molar-refractivity contribution in [3.8, 4) is 11.4 Å². The van der Waals surface area contributed by atoms with E-state index in [4.69, 9.17) is 9.47 Å². The lowest BCUT2D eigenvalue weighted by atomic mass is 10.1. The van der Waals surface area contributed by atoms with Crippen LogP contribution in [0.25, 0.3) is 5.69 Å². The zero-order chi connectivity index (χ0) is 24.8. The molecule has 9 nitrogen and oxygen atoms in total. The minimum atomic E-state index is -3.81. The lowest BCUT2D eigenvalue weighted by Crippen LogP contribution is -2.40. The maximum Gasteiger partial charge on any atom is 0.251 e. The van der Waals surface area contributed by atoms with Crippen molar-refractivity contribution in [2.45, 2.75) is 24.7 Å². The molecule has 4 rings (SSSR count). The van der Waals surface area contributed by atoms with Crippen molar-refractivity contribution in [1.82, 2.24) is 19.4 Å². The van der Waals surface area contributed by atoms with Crippen molar-refractivity contribution in [1.29, 1.82) is 0 Å². The van der Waals surface area contributed by atoms with Crippen molar-refractivity contribution in [3.05, 3.63) is 71.5 Å². The third-order valence-corrected chi connectivity index (χ3v) is 7.86. The minimum Gasteiger partial charge on any atom is -0.495 e. The molecule has 1 fully saturated rings. The number of methoxy groups -OCH3 is 1. The van der Waals surface area contributed by atoms with E-state index in [2.05, 4.69) is 10.4 Å². The van der Waals surface area contributed by atoms with Gasteiger partial charge in [-0.05, 0) is 55.7 Å². The topological polar surface area (TPSA) is 103 Å². The third kappa shape index (κ3) is 5.72. The molecular formula is C25H30N4O5S. The Labute approximate surface area is 205 Å². The zero-order valence-electron chi connectivity index (χ0n) is 19.9. The molecule has 186 valence electrons. The van der Waals surface area contributed by atoms with E-state index in [0.29, 0.717) is 19.8 Å². The Hall–Kier alpha value is -3.21. The molecule has 0 radical (unpaired) electrons. The SMILES string of the molecule is COc1ccc(C(=O)NCCCc2cn(-c3ccccc3)nc2C)cc1S(=O)(=O)N1CCOCC1. The van der Waals surface area contributed by atoms with E-state index in [1.165, 1.54) is 23.5 Å². The number of carbonyl (C=O) groups excluding carboxylic acids is 1. The molecule has 0 unspecified atom stereocenters. The smallest absolute Gasteiger partial charge is 0.251 e. The number of aryl methyl sites for hydroxylation is 2. The molecule has 1 amide bonds. The molecule has 35 heavy (non-hydrogen) atoms. The van der Waals surface area contributed by atoms with Crippen molar-refractivity contribution in [3.63, 3.8) is 0 Å². The number of morpholine rings is 1. The number of nitrogens with one attached hydrogen (secondary N) is 1. The van der Waals surface area contributed by atoms with Crippen LogP contribution >= 0.6 is 0 Å². The lowest BCUT2D eigenvalue weighted by Gasteiger charge is -2.26. The number of ether oxygens (including phenoxy) is 2. The van der Waals surface area contributed by atoms with Gasteiger partial charge < -0.3 is 14.8 Å². The number of nitrogens with zero attached hydrogens (tertiary/aromatic N) is 3. The Kier molecular flexibility index (Phi) is 7.84. The number of hydrogen-bond donors (Lipinski definition) is 1. The van der Waals surface area contributed by atoms with Crippen LogP contribution in [0.15, 0.2) is 59.6 Å². The van der Waals surface area contributed by atoms with Crippen LogP contribution in [0.5, 0.6) is 5.75 Å². The highest BCUT2D eigenvalue weighted by atomic mass is 32.2. The molecule has 1 aliphatic heterocycles. The van der Waals surface area contributed by atoms with Gasteiger partial charge in [0.1, 0.15) is 10.6 Å². The summed E-state index contributed by atoms with van der Waals surface area (Å²) in [6.07, 6.45) is 3.50. The molecule has 0 spiro atoms. The summed E-state index contributed by atoms with van der Waals surface area (Å²) in [4.78, 5) is 12.8. The van der Waals surface area contributed by atoms with Gasteiger partial charge in [-0.25, -0.2) is 13.1 Å². The summed E-state index contributed by atoms with van der Waals surface area (Å²) in [5, 5.41) is 7.47. The highest BCUT2D eigenvalue weighted by Crippen LogP contribution is 2.28. The number of aromatic nitrogens is 2. The van der Waals surface area contributed by atoms with Crippen LogP contribution in [-0.2, 0) is 21.2 Å². The van der Waals surface area contributed by atoms with Crippen LogP contribution in [0, 0.1) is 6.92 Å². The van der Waals surface area contributed by atoms with Gasteiger partial charge in [-0.1, -0.05) is 18.2 Å². The van der Waals surface area contributed by atoms with E-state index >= 15 is 0 Å². The van der Waals surface area contributed by atoms with E-state index < -0.39 is 10.0 Å². The molecule has 10 heteroatoms. The molecule has 1 saturated heterocycles. The second-order valence-electron chi connectivity index (χ2n) is 8.26. The average Bonchev–Trinajstić information content (AvgIpc) is 3.27. The van der Waals surface area contributed by atoms with Gasteiger partial charge in [-0.3, -0.25) is 4.79 Å². The number of carbonyl (C=O) groups is 1. The Balaban J connectivity index is 1.38. The number of benzene rings is 2. The van der Waals surface area contributed by atoms with Crippen LogP contribution in [0.3, 0.4) is 0 Å². The highest BCUT2D eigenvalue weighted by molar-refractivity contribution is 7.89. The predicted octanol–water partition coefficient (Wildman–Crippen LogP) is 2.57. The van der Waals surface area contributed by atoms with Crippen LogP contribution in [0.2, 0.25) is 0 Å². The van der Waals surface area contributed by atoms with Gasteiger partial charge in [0.25, 0.3) is 5.91 Å². The number of para-hydroxylation sites is 1. The van der Waals surface area contributed by atoms with Crippen LogP contribution in [0.4, 0.5) is 0 Å². The van der Waals surface area contributed by atoms with Crippen LogP contribution < -0.4 is 10.1 Å². The summed E-state index contributed by atoms with van der Waals surface area (Å²) < 4.78 is 40.0. The van der Waals surface area contributed by atoms with Gasteiger partial charge in [-0.15, -0.1) is 0 Å². The molecule has 3 aromatic rings. The average molecular weight is 499 g/mol. The lowest BCUT2D eigenvalue weighted by molar-refractivity contribution is 0.0729. The quantitative estimate of drug-likeness (QED) is 0.455. The molecule has 1 aromatic heterocycles. The molecule has 2 heterocycles. The fourth-order valence-corrected chi connectivity index (χ4v) is 5.57. The fourth-order valence-electron chi connectivity index (χ4n) is 3.98. The maximum absolute atomic E-state index is 13.1. The molecule has 1 aliphatic rings. The minimum absolute atomic E-state index is 0.0153. The van der Waals surface area contributed by atoms with Gasteiger partial charge in [-0.2, -0.15) is 9.40 Å². The summed E-state index contributed by atoms with van der Waals surface area (Å²) in [5.41, 5.74) is 3.34. The standard InChI is InChI=1S/C25H30N4O5S/c1-19-21(18-29(27-19)22-8-4-3-5-9-22)7-6-12-26-25(30)20-10-11-23(33-2)24(17-20)35(31,32)28-13-15-34-16-14-28/h3-5,8-11,17-18H,6-7,12-16H2,1-2H3,(H,26,30). The first-order valence-electron chi connectivity index (χ1n) is 11.5. The van der Waals surface area contributed by atoms with Crippen molar-refractivity contribution >= 4 is 15.9 Å². The van der Waals surface area contributed by atoms with Crippen molar-refractivity contribution in [2.75, 3.05) is 40.0 Å². The molecule has 0 saturated carbocycles. The zero-order valence-corrected chi connectivity index (χ0v) is 20.8. The predicted molar refractivity (Wildman–Crippen MR) is 132 cm³/mol. The summed E-state index contributed by atoms with van der Waals surface area (Å²) in [6, 6.07) is 14.4. The molecule has 0 aliphatic carbocycles. The molecule has 2 aromatic carbocycles. The van der Waals surface area contributed by atoms with E-state index in [9.17, 15) is 13.2 Å². The fraction of sp³-hybridized carbons (Fsp3) is 0.360. The van der Waals surface area contributed by atoms with Gasteiger partial charge >= 0.3 is 0 Å². The van der Waals surface area contributed by atoms with Crippen LogP contribution in [-0.4, -0.2) is 68.4 Å². The second-order valence-corrected chi connectivity index (χ2v) is 10.2. The number of hydrogen-bond acceptors (Lipinski definition) is 6. The summed E-state index contributed by atoms with van der Waals surface area (Å²) in [7, 11) is -2.40. The molecular weight excluding hydrogens is 468 g/mol. The largest absolute Gasteiger partial charge is 0.495 e. The first kappa shape index (κ1) is 24.9. The first-order valence-corrected chi connectivity index (χ1v) is 13.0. The summed E-state index contributed by atoms with van der Waals surface area (Å²) in [5.74, 6) is -0.123. The van der Waals surface area contributed by atoms with Gasteiger partial charge in [0, 0.05) is 31.4 Å². The summed E-state index contributed by atoms with van der Waals surface area (Å²) >= 11 is 0. The molecule has 1 N–H and O–H groups in total. The van der Waals surface area contributed by atoms with E-state index in [1.54, 1.807) is 6.07 Å². The normalized spacial score (nSPS) is 14.6. The van der Waals surface area contributed by atoms with Crippen LogP contribution in [0.1, 0.15) is 28.0 Å². The van der Waals surface area contributed by atoms with E-state index in [-0.39, 0.29) is 35.2 Å². The van der Waals surface area contributed by atoms with E-state index in [1.807, 2.05) is 48.1 Å². The molecule has 0 bridgehead atoms. The maximum atomic E-state index is 13.1. The van der Waals surface area contributed by atoms with Gasteiger partial charge in [0.15, 0.2) is 0 Å². The first-order chi connectivity index (χ1) is 16.9. The number of sulfonamides is 1. The Morgan fingerprint density at radius 2 is 1.89 bits per heavy atom. The van der Waals surface area contributed by atoms with Crippen molar-refractivity contribution < 1.29 is 22.7 Å². The third-order valence-electron chi connectivity index (χ3n) is 5.94. The van der Waals surface area contributed by atoms with Gasteiger partial charge in [0.2, 0.25) is 10.0 Å². The summed E-state index contributed by atoms with van der Waals surface area (Å²) in [6.45, 7) is 3.63. The van der Waals surface area contributed by atoms with E-state index in [0.717, 1.165) is 29.8 Å². The number of rotatable bonds is 9. The Morgan fingerprint density at radius 3 is 2.60 bits per heavy atom. The second kappa shape index (κ2) is 11.0. The number of amides is 1. The highest BCUT2D eigenvalue weighted by Gasteiger charge is 2.30. The Morgan fingerprint density at radius 1 is 1.14 bits per heavy atom. The monoisotopic (exact) mass is 498 g/mol.